The molecule has 3 rings (SSSR count). The molecule has 0 amide bonds. The highest BCUT2D eigenvalue weighted by Gasteiger charge is 2.26. The van der Waals surface area contributed by atoms with Crippen molar-refractivity contribution in [3.05, 3.63) is 53.9 Å². The van der Waals surface area contributed by atoms with Gasteiger partial charge in [-0.05, 0) is 29.8 Å². The number of nitrogens with zero attached hydrogens (tertiary/aromatic N) is 3. The molecule has 1 aliphatic heterocycles. The fourth-order valence-electron chi connectivity index (χ4n) is 2.66. The molecule has 24 heavy (non-hydrogen) atoms. The van der Waals surface area contributed by atoms with E-state index >= 15 is 0 Å². The number of hydrogen-bond donors (Lipinski definition) is 0. The maximum Gasteiger partial charge on any atom is 0.179 e. The van der Waals surface area contributed by atoms with Gasteiger partial charge in [-0.3, -0.25) is 9.88 Å². The standard InChI is InChI=1S/C17H21N3O3S/c1-19(2)24(21,22)16-4-3-15-13-20(9-10-23-17(15)11-16)12-14-5-7-18-8-6-14/h3-8,11H,9-10,12-13H2,1-2H3. The minimum absolute atomic E-state index is 0.258. The summed E-state index contributed by atoms with van der Waals surface area (Å²) < 4.78 is 31.5. The lowest BCUT2D eigenvalue weighted by molar-refractivity contribution is 0.219. The Hall–Kier alpha value is -1.80. The van der Waals surface area contributed by atoms with Gasteiger partial charge >= 0.3 is 0 Å². The molecule has 0 saturated carbocycles. The lowest BCUT2D eigenvalue weighted by Gasteiger charge is -2.21. The van der Waals surface area contributed by atoms with Gasteiger partial charge in [-0.15, -0.1) is 4.31 Å². The van der Waals surface area contributed by atoms with Crippen LogP contribution in [-0.2, 0) is 27.7 Å². The van der Waals surface area contributed by atoms with Crippen molar-refractivity contribution < 1.29 is 13.5 Å². The summed E-state index contributed by atoms with van der Waals surface area (Å²) in [6, 6.07) is 9.11. The molecule has 7 heteroatoms. The van der Waals surface area contributed by atoms with Gasteiger partial charge in [0.1, 0.15) is 12.4 Å². The molecule has 1 unspecified atom stereocenters. The molecular formula is C17H21N3O3S. The number of ether oxygens (including phenoxy) is 1. The molecule has 0 radical (unpaired) electrons. The Morgan fingerprint density at radius 3 is 2.75 bits per heavy atom. The summed E-state index contributed by atoms with van der Waals surface area (Å²) in [5.41, 5.74) is 2.19. The van der Waals surface area contributed by atoms with Crippen LogP contribution in [0.1, 0.15) is 11.1 Å². The SMILES string of the molecule is CN(C)[S+](=O)([O-])c1ccc2c(c1)OCCN(Cc1ccncc1)C2. The van der Waals surface area contributed by atoms with Crippen molar-refractivity contribution in [1.29, 1.82) is 0 Å². The monoisotopic (exact) mass is 347 g/mol. The van der Waals surface area contributed by atoms with Crippen LogP contribution in [0, 0.1) is 0 Å². The molecule has 0 fully saturated rings. The minimum atomic E-state index is -3.45. The second-order valence-corrected chi connectivity index (χ2v) is 8.12. The van der Waals surface area contributed by atoms with E-state index in [1.165, 1.54) is 24.0 Å². The zero-order valence-corrected chi connectivity index (χ0v) is 14.7. The van der Waals surface area contributed by atoms with Crippen molar-refractivity contribution in [3.8, 4) is 5.75 Å². The van der Waals surface area contributed by atoms with E-state index in [1.807, 2.05) is 18.2 Å². The molecule has 2 aromatic rings. The van der Waals surface area contributed by atoms with Gasteiger partial charge in [0.15, 0.2) is 15.3 Å². The molecule has 1 aromatic carbocycles. The number of sulfonamides is 1. The van der Waals surface area contributed by atoms with Crippen molar-refractivity contribution in [2.45, 2.75) is 18.0 Å². The van der Waals surface area contributed by atoms with Gasteiger partial charge in [-0.1, -0.05) is 4.21 Å². The van der Waals surface area contributed by atoms with E-state index in [2.05, 4.69) is 9.88 Å². The second kappa shape index (κ2) is 6.98. The third-order valence-electron chi connectivity index (χ3n) is 4.03. The van der Waals surface area contributed by atoms with E-state index in [9.17, 15) is 8.76 Å². The first-order valence-corrected chi connectivity index (χ1v) is 9.20. The maximum absolute atomic E-state index is 12.3. The van der Waals surface area contributed by atoms with Crippen LogP contribution in [0.5, 0.6) is 5.75 Å². The fraction of sp³-hybridized carbons (Fsp3) is 0.353. The topological polar surface area (TPSA) is 68.7 Å². The Morgan fingerprint density at radius 2 is 2.04 bits per heavy atom. The molecule has 0 spiro atoms. The van der Waals surface area contributed by atoms with Crippen molar-refractivity contribution >= 4 is 10.4 Å². The van der Waals surface area contributed by atoms with E-state index in [-0.39, 0.29) is 4.90 Å². The first-order valence-electron chi connectivity index (χ1n) is 7.76. The first kappa shape index (κ1) is 17.0. The van der Waals surface area contributed by atoms with Gasteiger partial charge in [-0.25, -0.2) is 0 Å². The minimum Gasteiger partial charge on any atom is -0.593 e. The van der Waals surface area contributed by atoms with Crippen molar-refractivity contribution in [2.75, 3.05) is 27.2 Å². The molecule has 0 N–H and O–H groups in total. The van der Waals surface area contributed by atoms with Crippen LogP contribution in [0.25, 0.3) is 0 Å². The van der Waals surface area contributed by atoms with E-state index in [4.69, 9.17) is 4.74 Å². The number of hydrogen-bond acceptors (Lipinski definition) is 5. The highest BCUT2D eigenvalue weighted by atomic mass is 32.3. The number of aromatic nitrogens is 1. The Morgan fingerprint density at radius 1 is 1.29 bits per heavy atom. The summed E-state index contributed by atoms with van der Waals surface area (Å²) in [6.45, 7) is 2.85. The molecular weight excluding hydrogens is 326 g/mol. The summed E-state index contributed by atoms with van der Waals surface area (Å²) in [5, 5.41) is 0. The van der Waals surface area contributed by atoms with Crippen LogP contribution in [0.2, 0.25) is 0 Å². The number of rotatable bonds is 4. The van der Waals surface area contributed by atoms with Gasteiger partial charge in [0.25, 0.3) is 0 Å². The van der Waals surface area contributed by atoms with Crippen LogP contribution in [0.15, 0.2) is 47.6 Å². The number of pyridine rings is 1. The summed E-state index contributed by atoms with van der Waals surface area (Å²) in [4.78, 5) is 6.57. The average Bonchev–Trinajstić information content (AvgIpc) is 2.76. The van der Waals surface area contributed by atoms with E-state index in [0.717, 1.165) is 25.2 Å². The Labute approximate surface area is 143 Å². The van der Waals surface area contributed by atoms with Crippen LogP contribution in [0.4, 0.5) is 0 Å². The smallest absolute Gasteiger partial charge is 0.179 e. The fourth-order valence-corrected chi connectivity index (χ4v) is 3.57. The largest absolute Gasteiger partial charge is 0.593 e. The number of benzene rings is 1. The van der Waals surface area contributed by atoms with Crippen LogP contribution in [0.3, 0.4) is 0 Å². The van der Waals surface area contributed by atoms with Crippen molar-refractivity contribution in [1.82, 2.24) is 14.2 Å². The highest BCUT2D eigenvalue weighted by molar-refractivity contribution is 7.95. The zero-order valence-electron chi connectivity index (χ0n) is 13.8. The van der Waals surface area contributed by atoms with Gasteiger partial charge in [-0.2, -0.15) is 0 Å². The molecule has 1 aromatic heterocycles. The molecule has 0 aliphatic carbocycles. The number of fused-ring (bicyclic) bond motifs is 1. The Bertz CT molecular complexity index is 752. The quantitative estimate of drug-likeness (QED) is 0.791. The first-order chi connectivity index (χ1) is 11.5. The molecule has 128 valence electrons. The molecule has 2 heterocycles. The predicted octanol–water partition coefficient (Wildman–Crippen LogP) is 1.94. The van der Waals surface area contributed by atoms with Crippen LogP contribution in [-0.4, -0.2) is 46.0 Å². The predicted molar refractivity (Wildman–Crippen MR) is 91.1 cm³/mol. The van der Waals surface area contributed by atoms with Gasteiger partial charge in [0.2, 0.25) is 0 Å². The van der Waals surface area contributed by atoms with E-state index in [1.54, 1.807) is 24.5 Å². The van der Waals surface area contributed by atoms with Gasteiger partial charge in [0, 0.05) is 57.8 Å². The molecule has 1 atom stereocenters. The third kappa shape index (κ3) is 3.64. The van der Waals surface area contributed by atoms with Crippen LogP contribution < -0.4 is 4.74 Å². The van der Waals surface area contributed by atoms with Gasteiger partial charge < -0.3 is 9.29 Å². The molecule has 0 saturated heterocycles. The van der Waals surface area contributed by atoms with Crippen molar-refractivity contribution in [3.63, 3.8) is 0 Å². The maximum atomic E-state index is 12.3. The molecule has 6 nitrogen and oxygen atoms in total. The summed E-state index contributed by atoms with van der Waals surface area (Å²) >= 11 is 0. The highest BCUT2D eigenvalue weighted by Crippen LogP contribution is 2.29. The van der Waals surface area contributed by atoms with E-state index < -0.39 is 10.4 Å². The summed E-state index contributed by atoms with van der Waals surface area (Å²) in [5.74, 6) is 0.648. The third-order valence-corrected chi connectivity index (χ3v) is 5.84. The normalized spacial score (nSPS) is 17.7. The second-order valence-electron chi connectivity index (χ2n) is 5.97. The zero-order chi connectivity index (χ0) is 17.2. The molecule has 1 aliphatic rings. The Kier molecular flexibility index (Phi) is 4.96. The molecule has 0 bridgehead atoms. The average molecular weight is 347 g/mol. The van der Waals surface area contributed by atoms with Crippen LogP contribution >= 0.6 is 0 Å². The lowest BCUT2D eigenvalue weighted by Crippen LogP contribution is -2.29. The Balaban J connectivity index is 1.81. The van der Waals surface area contributed by atoms with E-state index in [0.29, 0.717) is 12.4 Å². The lowest BCUT2D eigenvalue weighted by atomic mass is 10.1. The van der Waals surface area contributed by atoms with Gasteiger partial charge in [0.05, 0.1) is 0 Å². The summed E-state index contributed by atoms with van der Waals surface area (Å²) in [6.07, 6.45) is 3.58. The summed E-state index contributed by atoms with van der Waals surface area (Å²) in [7, 11) is -0.399. The van der Waals surface area contributed by atoms with Crippen molar-refractivity contribution in [2.24, 2.45) is 0 Å².